The molecule has 4 N–H and O–H groups in total. The number of sulfonamides is 1. The Labute approximate surface area is 184 Å². The number of benzene rings is 2. The van der Waals surface area contributed by atoms with Crippen LogP contribution in [-0.4, -0.2) is 41.7 Å². The summed E-state index contributed by atoms with van der Waals surface area (Å²) in [6.45, 7) is 5.52. The number of rotatable bonds is 11. The Balaban J connectivity index is 2.35. The van der Waals surface area contributed by atoms with Gasteiger partial charge in [0.2, 0.25) is 10.0 Å². The Bertz CT molecular complexity index is 977. The quantitative estimate of drug-likeness (QED) is 0.339. The van der Waals surface area contributed by atoms with Gasteiger partial charge in [-0.25, -0.2) is 13.0 Å². The van der Waals surface area contributed by atoms with Gasteiger partial charge in [-0.2, -0.15) is 4.31 Å². The molecule has 2 rings (SSSR count). The van der Waals surface area contributed by atoms with Gasteiger partial charge < -0.3 is 15.5 Å². The normalized spacial score (nSPS) is 14.7. The standard InChI is InChI=1S/C21H31N2O6PS/c1-16(2)14-23(31(27,28)20-11-9-19(22)10-12-20)15-21(29-30(24,25)26)17(3)13-18-7-5-4-6-8-18/h4-12,16-17,21H,13-15,22H2,1-3H3,(H2,24,25,26)/t17-,21+/m0/s1. The van der Waals surface area contributed by atoms with E-state index in [4.69, 9.17) is 10.3 Å². The van der Waals surface area contributed by atoms with Crippen LogP contribution in [0.3, 0.4) is 0 Å². The maximum atomic E-state index is 13.3. The summed E-state index contributed by atoms with van der Waals surface area (Å²) in [4.78, 5) is 19.0. The molecule has 2 atom stereocenters. The molecule has 0 saturated heterocycles. The Morgan fingerprint density at radius 1 is 1.00 bits per heavy atom. The molecule has 0 spiro atoms. The molecule has 10 heteroatoms. The lowest BCUT2D eigenvalue weighted by Gasteiger charge is -2.31. The van der Waals surface area contributed by atoms with Crippen LogP contribution >= 0.6 is 7.82 Å². The first-order chi connectivity index (χ1) is 14.4. The Hall–Kier alpha value is -1.74. The van der Waals surface area contributed by atoms with Gasteiger partial charge in [0.05, 0.1) is 11.0 Å². The fraction of sp³-hybridized carbons (Fsp3) is 0.429. The first-order valence-corrected chi connectivity index (χ1v) is 13.0. The van der Waals surface area contributed by atoms with Gasteiger partial charge in [-0.15, -0.1) is 0 Å². The lowest BCUT2D eigenvalue weighted by atomic mass is 9.96. The van der Waals surface area contributed by atoms with Crippen molar-refractivity contribution in [3.63, 3.8) is 0 Å². The summed E-state index contributed by atoms with van der Waals surface area (Å²) in [7, 11) is -8.76. The molecule has 0 radical (unpaired) electrons. The summed E-state index contributed by atoms with van der Waals surface area (Å²) in [6.07, 6.45) is -0.536. The molecule has 0 fully saturated rings. The van der Waals surface area contributed by atoms with Crippen molar-refractivity contribution in [3.05, 3.63) is 60.2 Å². The average molecular weight is 471 g/mol. The number of nitrogens with zero attached hydrogens (tertiary/aromatic N) is 1. The average Bonchev–Trinajstić information content (AvgIpc) is 2.66. The minimum absolute atomic E-state index is 0.0105. The third-order valence-electron chi connectivity index (χ3n) is 4.78. The third kappa shape index (κ3) is 8.03. The van der Waals surface area contributed by atoms with Crippen LogP contribution in [0.25, 0.3) is 0 Å². The molecule has 0 aromatic heterocycles. The van der Waals surface area contributed by atoms with Gasteiger partial charge in [0.1, 0.15) is 0 Å². The highest BCUT2D eigenvalue weighted by atomic mass is 32.2. The van der Waals surface area contributed by atoms with Crippen LogP contribution in [-0.2, 0) is 25.5 Å². The second-order valence-electron chi connectivity index (χ2n) is 8.09. The van der Waals surface area contributed by atoms with E-state index >= 15 is 0 Å². The number of hydrogen-bond acceptors (Lipinski definition) is 5. The van der Waals surface area contributed by atoms with E-state index < -0.39 is 23.9 Å². The van der Waals surface area contributed by atoms with Gasteiger partial charge >= 0.3 is 7.82 Å². The molecular weight excluding hydrogens is 439 g/mol. The summed E-state index contributed by atoms with van der Waals surface area (Å²) in [5, 5.41) is 0. The van der Waals surface area contributed by atoms with Crippen molar-refractivity contribution in [2.75, 3.05) is 18.8 Å². The van der Waals surface area contributed by atoms with E-state index in [-0.39, 0.29) is 29.8 Å². The second-order valence-corrected chi connectivity index (χ2v) is 11.2. The lowest BCUT2D eigenvalue weighted by molar-refractivity contribution is 0.0764. The van der Waals surface area contributed by atoms with Crippen LogP contribution in [0.4, 0.5) is 5.69 Å². The Morgan fingerprint density at radius 3 is 2.10 bits per heavy atom. The SMILES string of the molecule is CC(C)CN(C[C@@H](OP(=O)(O)O)[C@@H](C)Cc1ccccc1)S(=O)(=O)c1ccc(N)cc1. The molecule has 2 aromatic carbocycles. The number of nitrogens with two attached hydrogens (primary N) is 1. The fourth-order valence-electron chi connectivity index (χ4n) is 3.28. The van der Waals surface area contributed by atoms with Crippen LogP contribution < -0.4 is 5.73 Å². The molecule has 0 amide bonds. The zero-order chi connectivity index (χ0) is 23.2. The maximum absolute atomic E-state index is 13.3. The van der Waals surface area contributed by atoms with Crippen LogP contribution in [0.1, 0.15) is 26.3 Å². The highest BCUT2D eigenvalue weighted by Crippen LogP contribution is 2.40. The van der Waals surface area contributed by atoms with E-state index in [0.717, 1.165) is 5.56 Å². The van der Waals surface area contributed by atoms with Crippen LogP contribution in [0.2, 0.25) is 0 Å². The first kappa shape index (κ1) is 25.5. The van der Waals surface area contributed by atoms with E-state index in [1.165, 1.54) is 28.6 Å². The van der Waals surface area contributed by atoms with Gasteiger partial charge in [-0.3, -0.25) is 4.52 Å². The monoisotopic (exact) mass is 470 g/mol. The summed E-state index contributed by atoms with van der Waals surface area (Å²) >= 11 is 0. The van der Waals surface area contributed by atoms with E-state index in [2.05, 4.69) is 0 Å². The number of anilines is 1. The highest BCUT2D eigenvalue weighted by Gasteiger charge is 2.34. The predicted molar refractivity (Wildman–Crippen MR) is 121 cm³/mol. The van der Waals surface area contributed by atoms with E-state index in [9.17, 15) is 22.8 Å². The molecule has 172 valence electrons. The van der Waals surface area contributed by atoms with E-state index in [1.54, 1.807) is 6.92 Å². The minimum Gasteiger partial charge on any atom is -0.399 e. The lowest BCUT2D eigenvalue weighted by Crippen LogP contribution is -2.43. The zero-order valence-electron chi connectivity index (χ0n) is 18.0. The smallest absolute Gasteiger partial charge is 0.399 e. The van der Waals surface area contributed by atoms with Crippen molar-refractivity contribution in [2.45, 2.75) is 38.2 Å². The van der Waals surface area contributed by atoms with Crippen molar-refractivity contribution in [2.24, 2.45) is 11.8 Å². The maximum Gasteiger partial charge on any atom is 0.469 e. The van der Waals surface area contributed by atoms with Crippen molar-refractivity contribution in [1.29, 1.82) is 0 Å². The number of phosphoric acid groups is 1. The molecule has 0 aliphatic carbocycles. The van der Waals surface area contributed by atoms with Gasteiger partial charge in [-0.05, 0) is 48.1 Å². The summed E-state index contributed by atoms with van der Waals surface area (Å²) in [5.41, 5.74) is 7.08. The van der Waals surface area contributed by atoms with E-state index in [1.807, 2.05) is 44.2 Å². The Kier molecular flexibility index (Phi) is 8.83. The zero-order valence-corrected chi connectivity index (χ0v) is 19.7. The summed E-state index contributed by atoms with van der Waals surface area (Å²) < 4.78 is 44.5. The minimum atomic E-state index is -4.84. The van der Waals surface area contributed by atoms with Crippen LogP contribution in [0.5, 0.6) is 0 Å². The van der Waals surface area contributed by atoms with E-state index in [0.29, 0.717) is 12.1 Å². The second kappa shape index (κ2) is 10.7. The molecular formula is C21H31N2O6PS. The molecule has 0 aliphatic heterocycles. The van der Waals surface area contributed by atoms with Crippen molar-refractivity contribution in [3.8, 4) is 0 Å². The van der Waals surface area contributed by atoms with Gasteiger partial charge in [0.15, 0.2) is 0 Å². The molecule has 0 unspecified atom stereocenters. The Morgan fingerprint density at radius 2 is 1.58 bits per heavy atom. The fourth-order valence-corrected chi connectivity index (χ4v) is 5.52. The topological polar surface area (TPSA) is 130 Å². The number of phosphoric ester groups is 1. The van der Waals surface area contributed by atoms with Crippen molar-refractivity contribution < 1.29 is 27.3 Å². The largest absolute Gasteiger partial charge is 0.469 e. The molecule has 0 aliphatic rings. The third-order valence-corrected chi connectivity index (χ3v) is 7.17. The molecule has 0 heterocycles. The molecule has 0 saturated carbocycles. The van der Waals surface area contributed by atoms with Gasteiger partial charge in [-0.1, -0.05) is 51.1 Å². The molecule has 31 heavy (non-hydrogen) atoms. The van der Waals surface area contributed by atoms with Gasteiger partial charge in [0.25, 0.3) is 0 Å². The van der Waals surface area contributed by atoms with Crippen LogP contribution in [0.15, 0.2) is 59.5 Å². The van der Waals surface area contributed by atoms with Crippen molar-refractivity contribution in [1.82, 2.24) is 4.31 Å². The summed E-state index contributed by atoms with van der Waals surface area (Å²) in [6, 6.07) is 15.3. The van der Waals surface area contributed by atoms with Crippen LogP contribution in [0, 0.1) is 11.8 Å². The number of nitrogen functional groups attached to an aromatic ring is 1. The predicted octanol–water partition coefficient (Wildman–Crippen LogP) is 3.27. The van der Waals surface area contributed by atoms with Gasteiger partial charge in [0, 0.05) is 18.8 Å². The molecule has 0 bridgehead atoms. The summed E-state index contributed by atoms with van der Waals surface area (Å²) in [5.74, 6) is -0.366. The molecule has 8 nitrogen and oxygen atoms in total. The number of hydrogen-bond donors (Lipinski definition) is 3. The highest BCUT2D eigenvalue weighted by molar-refractivity contribution is 7.89. The van der Waals surface area contributed by atoms with Crippen molar-refractivity contribution >= 4 is 23.5 Å². The molecule has 2 aromatic rings. The first-order valence-electron chi connectivity index (χ1n) is 10.0.